The van der Waals surface area contributed by atoms with Crippen molar-refractivity contribution in [2.75, 3.05) is 0 Å². The molecule has 2 fully saturated rings. The van der Waals surface area contributed by atoms with Gasteiger partial charge in [0.25, 0.3) is 0 Å². The van der Waals surface area contributed by atoms with Crippen LogP contribution in [0, 0.1) is 0 Å². The molecule has 6 heteroatoms. The van der Waals surface area contributed by atoms with Gasteiger partial charge in [-0.3, -0.25) is 24.6 Å². The van der Waals surface area contributed by atoms with Crippen LogP contribution in [0.1, 0.15) is 46.0 Å². The molecule has 1 heterocycles. The molecule has 1 saturated heterocycles. The fourth-order valence-electron chi connectivity index (χ4n) is 2.82. The highest BCUT2D eigenvalue weighted by Crippen LogP contribution is 2.28. The van der Waals surface area contributed by atoms with Crippen LogP contribution in [-0.4, -0.2) is 40.2 Å². The van der Waals surface area contributed by atoms with Crippen molar-refractivity contribution in [1.29, 1.82) is 0 Å². The van der Waals surface area contributed by atoms with Crippen LogP contribution in [0.2, 0.25) is 0 Å². The molecule has 2 rings (SSSR count). The number of nitrogens with one attached hydrogen (secondary N) is 1. The quantitative estimate of drug-likeness (QED) is 0.696. The molecule has 0 aromatic rings. The SMILES string of the molecule is CC(C)(NC1CC(=O)N(C2CCCC2)C1=O)C(N)=O. The average molecular weight is 267 g/mol. The number of carbonyl (C=O) groups is 3. The van der Waals surface area contributed by atoms with Crippen LogP contribution in [0.15, 0.2) is 0 Å². The Bertz CT molecular complexity index is 413. The Morgan fingerprint density at radius 3 is 2.42 bits per heavy atom. The van der Waals surface area contributed by atoms with Crippen LogP contribution in [0.3, 0.4) is 0 Å². The average Bonchev–Trinajstić information content (AvgIpc) is 2.88. The lowest BCUT2D eigenvalue weighted by molar-refractivity contribution is -0.141. The van der Waals surface area contributed by atoms with Gasteiger partial charge in [0.05, 0.1) is 18.0 Å². The van der Waals surface area contributed by atoms with E-state index in [0.29, 0.717) is 0 Å². The Morgan fingerprint density at radius 2 is 1.89 bits per heavy atom. The Morgan fingerprint density at radius 1 is 1.32 bits per heavy atom. The van der Waals surface area contributed by atoms with Gasteiger partial charge in [-0.1, -0.05) is 12.8 Å². The normalized spacial score (nSPS) is 25.4. The number of amides is 3. The van der Waals surface area contributed by atoms with Gasteiger partial charge in [-0.05, 0) is 26.7 Å². The molecule has 106 valence electrons. The minimum absolute atomic E-state index is 0.0449. The van der Waals surface area contributed by atoms with E-state index in [2.05, 4.69) is 5.32 Å². The summed E-state index contributed by atoms with van der Waals surface area (Å²) in [6.45, 7) is 3.23. The van der Waals surface area contributed by atoms with Gasteiger partial charge in [0.1, 0.15) is 0 Å². The molecule has 6 nitrogen and oxygen atoms in total. The molecule has 19 heavy (non-hydrogen) atoms. The molecule has 1 atom stereocenters. The van der Waals surface area contributed by atoms with Crippen molar-refractivity contribution in [3.63, 3.8) is 0 Å². The number of nitrogens with zero attached hydrogens (tertiary/aromatic N) is 1. The zero-order valence-corrected chi connectivity index (χ0v) is 11.4. The second-order valence-corrected chi connectivity index (χ2v) is 5.93. The third kappa shape index (κ3) is 2.63. The van der Waals surface area contributed by atoms with E-state index in [1.807, 2.05) is 0 Å². The Labute approximate surface area is 112 Å². The van der Waals surface area contributed by atoms with Crippen LogP contribution in [-0.2, 0) is 14.4 Å². The Balaban J connectivity index is 2.07. The van der Waals surface area contributed by atoms with Crippen LogP contribution in [0.25, 0.3) is 0 Å². The van der Waals surface area contributed by atoms with E-state index in [0.717, 1.165) is 25.7 Å². The predicted molar refractivity (Wildman–Crippen MR) is 68.9 cm³/mol. The second-order valence-electron chi connectivity index (χ2n) is 5.93. The summed E-state index contributed by atoms with van der Waals surface area (Å²) in [7, 11) is 0. The van der Waals surface area contributed by atoms with Crippen LogP contribution in [0.4, 0.5) is 0 Å². The molecule has 1 saturated carbocycles. The summed E-state index contributed by atoms with van der Waals surface area (Å²) in [5, 5.41) is 2.90. The van der Waals surface area contributed by atoms with E-state index in [4.69, 9.17) is 5.73 Å². The molecule has 0 aromatic carbocycles. The van der Waals surface area contributed by atoms with Crippen molar-refractivity contribution in [2.24, 2.45) is 5.73 Å². The molecule has 1 unspecified atom stereocenters. The lowest BCUT2D eigenvalue weighted by atomic mass is 10.0. The highest BCUT2D eigenvalue weighted by Gasteiger charge is 2.45. The maximum atomic E-state index is 12.3. The number of nitrogens with two attached hydrogens (primary N) is 1. The maximum absolute atomic E-state index is 12.3. The predicted octanol–water partition coefficient (Wildman–Crippen LogP) is -0.0900. The zero-order valence-electron chi connectivity index (χ0n) is 11.4. The third-order valence-corrected chi connectivity index (χ3v) is 4.02. The van der Waals surface area contributed by atoms with E-state index in [-0.39, 0.29) is 24.3 Å². The highest BCUT2D eigenvalue weighted by molar-refractivity contribution is 6.06. The van der Waals surface area contributed by atoms with Crippen molar-refractivity contribution in [2.45, 2.75) is 63.6 Å². The first kappa shape index (κ1) is 14.0. The fraction of sp³-hybridized carbons (Fsp3) is 0.769. The summed E-state index contributed by atoms with van der Waals surface area (Å²) >= 11 is 0. The van der Waals surface area contributed by atoms with E-state index >= 15 is 0 Å². The van der Waals surface area contributed by atoms with Gasteiger partial charge < -0.3 is 5.73 Å². The maximum Gasteiger partial charge on any atom is 0.247 e. The number of likely N-dealkylation sites (tertiary alicyclic amines) is 1. The first-order chi connectivity index (χ1) is 8.83. The summed E-state index contributed by atoms with van der Waals surface area (Å²) in [6.07, 6.45) is 4.03. The van der Waals surface area contributed by atoms with E-state index in [9.17, 15) is 14.4 Å². The van der Waals surface area contributed by atoms with Gasteiger partial charge in [0.2, 0.25) is 17.7 Å². The molecule has 1 aliphatic heterocycles. The molecule has 3 amide bonds. The van der Waals surface area contributed by atoms with Crippen LogP contribution in [0.5, 0.6) is 0 Å². The first-order valence-corrected chi connectivity index (χ1v) is 6.76. The summed E-state index contributed by atoms with van der Waals surface area (Å²) in [5.74, 6) is -0.895. The molecule has 0 aromatic heterocycles. The zero-order chi connectivity index (χ0) is 14.2. The minimum atomic E-state index is -0.994. The van der Waals surface area contributed by atoms with Gasteiger partial charge in [0, 0.05) is 6.04 Å². The van der Waals surface area contributed by atoms with Crippen LogP contribution >= 0.6 is 0 Å². The topological polar surface area (TPSA) is 92.5 Å². The standard InChI is InChI=1S/C13H21N3O3/c1-13(2,12(14)19)15-9-7-10(17)16(11(9)18)8-5-3-4-6-8/h8-9,15H,3-7H2,1-2H3,(H2,14,19). The van der Waals surface area contributed by atoms with Gasteiger partial charge >= 0.3 is 0 Å². The minimum Gasteiger partial charge on any atom is -0.368 e. The van der Waals surface area contributed by atoms with Gasteiger partial charge in [-0.15, -0.1) is 0 Å². The molecular formula is C13H21N3O3. The molecule has 2 aliphatic rings. The number of carbonyl (C=O) groups excluding carboxylic acids is 3. The Hall–Kier alpha value is -1.43. The van der Waals surface area contributed by atoms with E-state index < -0.39 is 17.5 Å². The van der Waals surface area contributed by atoms with Crippen molar-refractivity contribution in [3.8, 4) is 0 Å². The third-order valence-electron chi connectivity index (χ3n) is 4.02. The first-order valence-electron chi connectivity index (χ1n) is 6.76. The van der Waals surface area contributed by atoms with Crippen molar-refractivity contribution in [1.82, 2.24) is 10.2 Å². The lowest BCUT2D eigenvalue weighted by Gasteiger charge is -2.27. The van der Waals surface area contributed by atoms with Gasteiger partial charge in [-0.25, -0.2) is 0 Å². The summed E-state index contributed by atoms with van der Waals surface area (Å²) < 4.78 is 0. The fourth-order valence-corrected chi connectivity index (χ4v) is 2.82. The van der Waals surface area contributed by atoms with E-state index in [1.165, 1.54) is 4.90 Å². The molecular weight excluding hydrogens is 246 g/mol. The lowest BCUT2D eigenvalue weighted by Crippen LogP contribution is -2.56. The highest BCUT2D eigenvalue weighted by atomic mass is 16.2. The molecule has 0 bridgehead atoms. The van der Waals surface area contributed by atoms with Crippen LogP contribution < -0.4 is 11.1 Å². The van der Waals surface area contributed by atoms with Crippen molar-refractivity contribution < 1.29 is 14.4 Å². The number of primary amides is 1. The largest absolute Gasteiger partial charge is 0.368 e. The number of rotatable bonds is 4. The van der Waals surface area contributed by atoms with Crippen molar-refractivity contribution >= 4 is 17.7 Å². The number of hydrogen-bond donors (Lipinski definition) is 2. The molecule has 1 aliphatic carbocycles. The smallest absolute Gasteiger partial charge is 0.247 e. The molecule has 3 N–H and O–H groups in total. The monoisotopic (exact) mass is 267 g/mol. The summed E-state index contributed by atoms with van der Waals surface area (Å²) in [6, 6.07) is -0.584. The molecule has 0 spiro atoms. The molecule has 0 radical (unpaired) electrons. The summed E-state index contributed by atoms with van der Waals surface area (Å²) in [4.78, 5) is 37.0. The van der Waals surface area contributed by atoms with Crippen molar-refractivity contribution in [3.05, 3.63) is 0 Å². The van der Waals surface area contributed by atoms with E-state index in [1.54, 1.807) is 13.8 Å². The Kier molecular flexibility index (Phi) is 3.62. The number of hydrogen-bond acceptors (Lipinski definition) is 4. The summed E-state index contributed by atoms with van der Waals surface area (Å²) in [5.41, 5.74) is 4.28. The van der Waals surface area contributed by atoms with Gasteiger partial charge in [0.15, 0.2) is 0 Å². The second kappa shape index (κ2) is 4.92. The van der Waals surface area contributed by atoms with Gasteiger partial charge in [-0.2, -0.15) is 0 Å². The number of imide groups is 1.